The molecule has 1 aromatic carbocycles. The second kappa shape index (κ2) is 5.87. The number of carbonyl (C=O) groups is 3. The largest absolute Gasteiger partial charge is 0.379 e. The molecule has 2 atom stereocenters. The minimum atomic E-state index is -0.573. The predicted octanol–water partition coefficient (Wildman–Crippen LogP) is 1.43. The van der Waals surface area contributed by atoms with Gasteiger partial charge in [0.25, 0.3) is 5.91 Å². The van der Waals surface area contributed by atoms with Crippen LogP contribution >= 0.6 is 0 Å². The fourth-order valence-electron chi connectivity index (χ4n) is 2.97. The Balaban J connectivity index is 1.80. The third-order valence-corrected chi connectivity index (χ3v) is 4.28. The molecule has 0 aliphatic carbocycles. The minimum absolute atomic E-state index is 0.0933. The first-order chi connectivity index (χ1) is 11.0. The summed E-state index contributed by atoms with van der Waals surface area (Å²) < 4.78 is 0. The van der Waals surface area contributed by atoms with Gasteiger partial charge in [0.2, 0.25) is 11.8 Å². The van der Waals surface area contributed by atoms with Gasteiger partial charge in [0.05, 0.1) is 0 Å². The van der Waals surface area contributed by atoms with Gasteiger partial charge in [0.1, 0.15) is 6.04 Å². The van der Waals surface area contributed by atoms with Gasteiger partial charge < -0.3 is 10.2 Å². The maximum Gasteiger partial charge on any atom is 0.255 e. The van der Waals surface area contributed by atoms with Crippen LogP contribution in [0.4, 0.5) is 5.69 Å². The summed E-state index contributed by atoms with van der Waals surface area (Å²) in [7, 11) is 0. The number of anilines is 1. The molecule has 2 aliphatic rings. The summed E-state index contributed by atoms with van der Waals surface area (Å²) in [6, 6.07) is 5.15. The zero-order valence-electron chi connectivity index (χ0n) is 13.0. The smallest absolute Gasteiger partial charge is 0.255 e. The average Bonchev–Trinajstić information content (AvgIpc) is 2.84. The predicted molar refractivity (Wildman–Crippen MR) is 85.8 cm³/mol. The van der Waals surface area contributed by atoms with Crippen molar-refractivity contribution in [2.45, 2.75) is 38.4 Å². The lowest BCUT2D eigenvalue weighted by Gasteiger charge is -2.29. The van der Waals surface area contributed by atoms with Crippen molar-refractivity contribution in [3.8, 4) is 0 Å². The van der Waals surface area contributed by atoms with Crippen molar-refractivity contribution in [2.24, 2.45) is 0 Å². The molecule has 2 heterocycles. The lowest BCUT2D eigenvalue weighted by molar-refractivity contribution is -0.136. The van der Waals surface area contributed by atoms with E-state index in [9.17, 15) is 14.4 Å². The Kier molecular flexibility index (Phi) is 3.90. The summed E-state index contributed by atoms with van der Waals surface area (Å²) in [5.41, 5.74) is 2.35. The topological polar surface area (TPSA) is 78.5 Å². The van der Waals surface area contributed by atoms with Crippen LogP contribution in [0.1, 0.15) is 35.7 Å². The number of nitrogens with zero attached hydrogens (tertiary/aromatic N) is 1. The maximum absolute atomic E-state index is 12.6. The molecule has 0 bridgehead atoms. The van der Waals surface area contributed by atoms with E-state index in [1.807, 2.05) is 25.1 Å². The molecular weight excluding hydrogens is 294 g/mol. The number of amides is 3. The third-order valence-electron chi connectivity index (χ3n) is 4.28. The summed E-state index contributed by atoms with van der Waals surface area (Å²) in [4.78, 5) is 37.4. The first-order valence-corrected chi connectivity index (χ1v) is 7.66. The standard InChI is InChI=1S/C17H19N3O3/c1-3-10(2)18-12-5-4-11-9-20(17(23)13(11)8-12)14-6-7-15(21)19-16(14)22/h3-5,8,10,14,18H,1,6-7,9H2,2H3,(H,19,21,22). The summed E-state index contributed by atoms with van der Waals surface area (Å²) >= 11 is 0. The van der Waals surface area contributed by atoms with Crippen LogP contribution in [-0.2, 0) is 16.1 Å². The highest BCUT2D eigenvalue weighted by Crippen LogP contribution is 2.29. The van der Waals surface area contributed by atoms with E-state index < -0.39 is 6.04 Å². The monoisotopic (exact) mass is 313 g/mol. The first-order valence-electron chi connectivity index (χ1n) is 7.66. The van der Waals surface area contributed by atoms with Gasteiger partial charge in [-0.25, -0.2) is 0 Å². The van der Waals surface area contributed by atoms with E-state index in [0.29, 0.717) is 18.5 Å². The molecule has 3 rings (SSSR count). The van der Waals surface area contributed by atoms with Crippen molar-refractivity contribution in [2.75, 3.05) is 5.32 Å². The highest BCUT2D eigenvalue weighted by molar-refractivity contribution is 6.05. The lowest BCUT2D eigenvalue weighted by Crippen LogP contribution is -2.52. The van der Waals surface area contributed by atoms with E-state index in [1.165, 1.54) is 0 Å². The number of imide groups is 1. The highest BCUT2D eigenvalue weighted by Gasteiger charge is 2.39. The van der Waals surface area contributed by atoms with E-state index in [2.05, 4.69) is 17.2 Å². The number of piperidine rings is 1. The number of rotatable bonds is 4. The number of benzene rings is 1. The fraction of sp³-hybridized carbons (Fsp3) is 0.353. The molecule has 120 valence electrons. The highest BCUT2D eigenvalue weighted by atomic mass is 16.2. The molecular formula is C17H19N3O3. The van der Waals surface area contributed by atoms with Crippen LogP contribution in [-0.4, -0.2) is 34.7 Å². The van der Waals surface area contributed by atoms with Crippen LogP contribution < -0.4 is 10.6 Å². The van der Waals surface area contributed by atoms with Crippen LogP contribution in [0.3, 0.4) is 0 Å². The van der Waals surface area contributed by atoms with Crippen molar-refractivity contribution in [1.29, 1.82) is 0 Å². The summed E-state index contributed by atoms with van der Waals surface area (Å²) in [5.74, 6) is -0.828. The van der Waals surface area contributed by atoms with E-state index in [-0.39, 0.29) is 30.2 Å². The molecule has 0 radical (unpaired) electrons. The van der Waals surface area contributed by atoms with Gasteiger partial charge in [-0.15, -0.1) is 6.58 Å². The molecule has 2 N–H and O–H groups in total. The van der Waals surface area contributed by atoms with Crippen LogP contribution in [0.2, 0.25) is 0 Å². The molecule has 0 spiro atoms. The van der Waals surface area contributed by atoms with Crippen LogP contribution in [0, 0.1) is 0 Å². The quantitative estimate of drug-likeness (QED) is 0.651. The van der Waals surface area contributed by atoms with Crippen LogP contribution in [0.25, 0.3) is 0 Å². The lowest BCUT2D eigenvalue weighted by atomic mass is 10.0. The maximum atomic E-state index is 12.6. The van der Waals surface area contributed by atoms with E-state index in [0.717, 1.165) is 11.3 Å². The number of hydrogen-bond acceptors (Lipinski definition) is 4. The first kappa shape index (κ1) is 15.3. The summed E-state index contributed by atoms with van der Waals surface area (Å²) in [6.45, 7) is 6.09. The van der Waals surface area contributed by atoms with Gasteiger partial charge in [-0.1, -0.05) is 12.1 Å². The molecule has 2 aliphatic heterocycles. The molecule has 2 unspecified atom stereocenters. The molecule has 1 aromatic rings. The van der Waals surface area contributed by atoms with E-state index in [4.69, 9.17) is 0 Å². The fourth-order valence-corrected chi connectivity index (χ4v) is 2.97. The van der Waals surface area contributed by atoms with Crippen molar-refractivity contribution >= 4 is 23.4 Å². The van der Waals surface area contributed by atoms with Gasteiger partial charge in [-0.05, 0) is 31.0 Å². The molecule has 23 heavy (non-hydrogen) atoms. The Morgan fingerprint density at radius 2 is 2.17 bits per heavy atom. The SMILES string of the molecule is C=CC(C)Nc1ccc2c(c1)C(=O)N(C1CCC(=O)NC1=O)C2. The molecule has 3 amide bonds. The van der Waals surface area contributed by atoms with Crippen LogP contribution in [0.15, 0.2) is 30.9 Å². The van der Waals surface area contributed by atoms with Crippen molar-refractivity contribution in [3.63, 3.8) is 0 Å². The number of hydrogen-bond donors (Lipinski definition) is 2. The van der Waals surface area contributed by atoms with Gasteiger partial charge in [0, 0.05) is 30.3 Å². The van der Waals surface area contributed by atoms with Gasteiger partial charge in [-0.2, -0.15) is 0 Å². The minimum Gasteiger partial charge on any atom is -0.379 e. The van der Waals surface area contributed by atoms with E-state index in [1.54, 1.807) is 11.0 Å². The number of fused-ring (bicyclic) bond motifs is 1. The zero-order chi connectivity index (χ0) is 16.6. The second-order valence-electron chi connectivity index (χ2n) is 5.94. The number of carbonyl (C=O) groups excluding carboxylic acids is 3. The normalized spacial score (nSPS) is 21.7. The van der Waals surface area contributed by atoms with Crippen molar-refractivity contribution < 1.29 is 14.4 Å². The van der Waals surface area contributed by atoms with Crippen LogP contribution in [0.5, 0.6) is 0 Å². The average molecular weight is 313 g/mol. The molecule has 1 saturated heterocycles. The Bertz CT molecular complexity index is 698. The molecule has 0 saturated carbocycles. The Labute approximate surface area is 134 Å². The number of nitrogens with one attached hydrogen (secondary N) is 2. The Morgan fingerprint density at radius 3 is 2.87 bits per heavy atom. The van der Waals surface area contributed by atoms with Gasteiger partial charge in [-0.3, -0.25) is 19.7 Å². The Hall–Kier alpha value is -2.63. The molecule has 6 nitrogen and oxygen atoms in total. The van der Waals surface area contributed by atoms with Crippen molar-refractivity contribution in [3.05, 3.63) is 42.0 Å². The van der Waals surface area contributed by atoms with E-state index >= 15 is 0 Å². The molecule has 6 heteroatoms. The summed E-state index contributed by atoms with van der Waals surface area (Å²) in [5, 5.41) is 5.54. The molecule has 0 aromatic heterocycles. The van der Waals surface area contributed by atoms with Gasteiger partial charge >= 0.3 is 0 Å². The second-order valence-corrected chi connectivity index (χ2v) is 5.94. The molecule has 1 fully saturated rings. The summed E-state index contributed by atoms with van der Waals surface area (Å²) in [6.07, 6.45) is 2.42. The van der Waals surface area contributed by atoms with Crippen molar-refractivity contribution in [1.82, 2.24) is 10.2 Å². The zero-order valence-corrected chi connectivity index (χ0v) is 13.0. The van der Waals surface area contributed by atoms with Gasteiger partial charge in [0.15, 0.2) is 0 Å². The third kappa shape index (κ3) is 2.84. The Morgan fingerprint density at radius 1 is 1.39 bits per heavy atom.